The molecule has 6 fully saturated rings. The number of amides is 4. The molecule has 6 heterocycles. The standard InChI is InChI=1S/C28H42N12O10S/c29-5-7-31-11-17(41)23-35-33-21(47-23)15-9-27(1-2-27)19-13-37(15)25(43)39(19)49-51(45,46)50-40-20-14-38(26(40)44)16(10-28(20)3-4-28)22-34-36-24(48-22)18(42)12-32-8-6-30/h15-20,31-32,41-42H,1-14,29-30H2/t15-,16-,17-,18-,19-,20-/m0/s1. The third-order valence-electron chi connectivity index (χ3n) is 11.0. The smallest absolute Gasteiger partial charge is 0.420 e. The Morgan fingerprint density at radius 3 is 1.55 bits per heavy atom. The van der Waals surface area contributed by atoms with E-state index in [1.54, 1.807) is 0 Å². The van der Waals surface area contributed by atoms with Gasteiger partial charge in [0.15, 0.2) is 0 Å². The number of hydrogen-bond acceptors (Lipinski definition) is 18. The molecule has 8 rings (SSSR count). The van der Waals surface area contributed by atoms with Gasteiger partial charge >= 0.3 is 22.5 Å². The summed E-state index contributed by atoms with van der Waals surface area (Å²) in [5, 5.41) is 44.6. The molecule has 4 aliphatic heterocycles. The molecule has 4 amide bonds. The van der Waals surface area contributed by atoms with Crippen LogP contribution in [0.5, 0.6) is 0 Å². The first-order chi connectivity index (χ1) is 24.5. The van der Waals surface area contributed by atoms with Crippen LogP contribution in [0.1, 0.15) is 86.4 Å². The van der Waals surface area contributed by atoms with Crippen molar-refractivity contribution < 1.29 is 45.6 Å². The van der Waals surface area contributed by atoms with Crippen LogP contribution in [0.2, 0.25) is 0 Å². The summed E-state index contributed by atoms with van der Waals surface area (Å²) in [6.45, 7) is 2.34. The van der Waals surface area contributed by atoms with E-state index in [2.05, 4.69) is 31.0 Å². The van der Waals surface area contributed by atoms with Gasteiger partial charge in [0.1, 0.15) is 24.3 Å². The van der Waals surface area contributed by atoms with Crippen molar-refractivity contribution in [3.63, 3.8) is 0 Å². The fraction of sp³-hybridized carbons (Fsp3) is 0.786. The van der Waals surface area contributed by atoms with E-state index in [4.69, 9.17) is 28.9 Å². The number of aromatic nitrogens is 4. The lowest BCUT2D eigenvalue weighted by molar-refractivity contribution is -0.101. The van der Waals surface area contributed by atoms with Gasteiger partial charge in [0.05, 0.1) is 12.1 Å². The third-order valence-corrected chi connectivity index (χ3v) is 11.7. The molecule has 280 valence electrons. The first-order valence-electron chi connectivity index (χ1n) is 17.2. The van der Waals surface area contributed by atoms with Crippen LogP contribution in [0.4, 0.5) is 9.59 Å². The molecule has 8 N–H and O–H groups in total. The van der Waals surface area contributed by atoms with Gasteiger partial charge in [0.2, 0.25) is 23.6 Å². The Labute approximate surface area is 292 Å². The molecule has 6 aliphatic rings. The number of aliphatic hydroxyl groups is 2. The highest BCUT2D eigenvalue weighted by atomic mass is 32.3. The van der Waals surface area contributed by atoms with Crippen LogP contribution >= 0.6 is 0 Å². The molecule has 4 saturated heterocycles. The second kappa shape index (κ2) is 12.8. The Balaban J connectivity index is 0.951. The molecule has 22 nitrogen and oxygen atoms in total. The Kier molecular flexibility index (Phi) is 8.69. The minimum absolute atomic E-state index is 0.0168. The van der Waals surface area contributed by atoms with Crippen molar-refractivity contribution in [2.75, 3.05) is 52.4 Å². The molecule has 0 unspecified atom stereocenters. The maximum absolute atomic E-state index is 13.7. The quantitative estimate of drug-likeness (QED) is 0.102. The van der Waals surface area contributed by atoms with Gasteiger partial charge in [-0.3, -0.25) is 0 Å². The molecule has 6 atom stereocenters. The number of hydrogen-bond donors (Lipinski definition) is 6. The topological polar surface area (TPSA) is 294 Å². The zero-order valence-corrected chi connectivity index (χ0v) is 28.5. The number of carbonyl (C=O) groups is 2. The van der Waals surface area contributed by atoms with Crippen LogP contribution in [-0.4, -0.2) is 135 Å². The average Bonchev–Trinajstić information content (AvgIpc) is 3.79. The third kappa shape index (κ3) is 6.12. The highest BCUT2D eigenvalue weighted by Crippen LogP contribution is 2.63. The second-order valence-corrected chi connectivity index (χ2v) is 15.4. The molecular weight excluding hydrogens is 696 g/mol. The molecule has 51 heavy (non-hydrogen) atoms. The van der Waals surface area contributed by atoms with E-state index < -0.39 is 69.7 Å². The summed E-state index contributed by atoms with van der Waals surface area (Å²) in [6.07, 6.45) is 1.55. The number of urea groups is 2. The maximum Gasteiger partial charge on any atom is 0.442 e. The van der Waals surface area contributed by atoms with Crippen LogP contribution in [0.15, 0.2) is 8.83 Å². The van der Waals surface area contributed by atoms with E-state index in [1.165, 1.54) is 9.80 Å². The van der Waals surface area contributed by atoms with Gasteiger partial charge in [-0.2, -0.15) is 18.5 Å². The number of fused-ring (bicyclic) bond motifs is 6. The summed E-state index contributed by atoms with van der Waals surface area (Å²) >= 11 is 0. The van der Waals surface area contributed by atoms with Gasteiger partial charge in [-0.15, -0.1) is 29.0 Å². The van der Waals surface area contributed by atoms with Crippen molar-refractivity contribution >= 4 is 22.5 Å². The van der Waals surface area contributed by atoms with E-state index in [1.807, 2.05) is 0 Å². The Morgan fingerprint density at radius 1 is 0.765 bits per heavy atom. The van der Waals surface area contributed by atoms with E-state index in [0.717, 1.165) is 10.1 Å². The number of nitrogens with one attached hydrogen (secondary N) is 2. The van der Waals surface area contributed by atoms with Crippen LogP contribution in [0.3, 0.4) is 0 Å². The number of carbonyl (C=O) groups excluding carboxylic acids is 2. The molecule has 2 aromatic heterocycles. The first-order valence-corrected chi connectivity index (χ1v) is 18.5. The van der Waals surface area contributed by atoms with Gasteiger partial charge in [0.25, 0.3) is 0 Å². The first kappa shape index (κ1) is 34.5. The van der Waals surface area contributed by atoms with Gasteiger partial charge in [-0.05, 0) is 49.4 Å². The number of nitrogens with zero attached hydrogens (tertiary/aromatic N) is 8. The molecule has 23 heteroatoms. The van der Waals surface area contributed by atoms with Gasteiger partial charge < -0.3 is 50.9 Å². The summed E-state index contributed by atoms with van der Waals surface area (Å²) in [4.78, 5) is 30.2. The Bertz CT molecular complexity index is 1630. The maximum atomic E-state index is 13.7. The number of piperidine rings is 2. The van der Waals surface area contributed by atoms with Crippen molar-refractivity contribution in [2.45, 2.75) is 74.9 Å². The zero-order valence-electron chi connectivity index (χ0n) is 27.7. The lowest BCUT2D eigenvalue weighted by atomic mass is 9.85. The van der Waals surface area contributed by atoms with Gasteiger partial charge in [-0.25, -0.2) is 9.59 Å². The number of nitrogens with two attached hydrogens (primary N) is 2. The molecule has 2 aromatic rings. The summed E-state index contributed by atoms with van der Waals surface area (Å²) in [5.41, 5.74) is 10.1. The Morgan fingerprint density at radius 2 is 1.18 bits per heavy atom. The second-order valence-electron chi connectivity index (χ2n) is 14.2. The molecule has 2 saturated carbocycles. The van der Waals surface area contributed by atoms with Crippen LogP contribution in [-0.2, 0) is 19.0 Å². The fourth-order valence-electron chi connectivity index (χ4n) is 7.97. The van der Waals surface area contributed by atoms with E-state index in [-0.39, 0.29) is 49.7 Å². The largest absolute Gasteiger partial charge is 0.442 e. The Hall–Kier alpha value is -3.55. The number of rotatable bonds is 16. The van der Waals surface area contributed by atoms with E-state index in [0.29, 0.717) is 64.7 Å². The predicted octanol–water partition coefficient (Wildman–Crippen LogP) is -1.91. The predicted molar refractivity (Wildman–Crippen MR) is 167 cm³/mol. The highest BCUT2D eigenvalue weighted by molar-refractivity contribution is 7.81. The summed E-state index contributed by atoms with van der Waals surface area (Å²) in [7, 11) is -4.98. The summed E-state index contributed by atoms with van der Waals surface area (Å²) in [6, 6.07) is -3.98. The van der Waals surface area contributed by atoms with Crippen molar-refractivity contribution in [1.82, 2.24) is 51.0 Å². The van der Waals surface area contributed by atoms with Crippen molar-refractivity contribution in [1.29, 1.82) is 0 Å². The van der Waals surface area contributed by atoms with Crippen molar-refractivity contribution in [2.24, 2.45) is 22.3 Å². The van der Waals surface area contributed by atoms with Crippen molar-refractivity contribution in [3.05, 3.63) is 23.6 Å². The van der Waals surface area contributed by atoms with Crippen LogP contribution < -0.4 is 22.1 Å². The van der Waals surface area contributed by atoms with E-state index in [9.17, 15) is 28.2 Å². The lowest BCUT2D eigenvalue weighted by Gasteiger charge is -2.35. The number of aliphatic hydroxyl groups excluding tert-OH is 2. The van der Waals surface area contributed by atoms with Gasteiger partial charge in [-0.1, -0.05) is 0 Å². The summed E-state index contributed by atoms with van der Waals surface area (Å²) < 4.78 is 49.4. The van der Waals surface area contributed by atoms with Crippen LogP contribution in [0, 0.1) is 10.8 Å². The highest BCUT2D eigenvalue weighted by Gasteiger charge is 2.67. The SMILES string of the molecule is NCCNC[C@H](O)c1nnc([C@@H]2CC3(CC3)[C@@H]3CN2C(=O)N3OS(=O)(=O)ON2C(=O)N3C[C@H]2C2(CC2)C[C@H]3c2nnc([C@@H](O)CNCCN)o2)o1. The molecule has 0 radical (unpaired) electrons. The monoisotopic (exact) mass is 738 g/mol. The van der Waals surface area contributed by atoms with Crippen molar-refractivity contribution in [3.8, 4) is 0 Å². The summed E-state index contributed by atoms with van der Waals surface area (Å²) in [5.74, 6) is 0.219. The molecular formula is C28H42N12O10S. The lowest BCUT2D eigenvalue weighted by Crippen LogP contribution is -2.45. The van der Waals surface area contributed by atoms with Gasteiger partial charge in [0, 0.05) is 52.4 Å². The minimum atomic E-state index is -4.98. The van der Waals surface area contributed by atoms with Crippen LogP contribution in [0.25, 0.3) is 0 Å². The average molecular weight is 739 g/mol. The molecule has 4 bridgehead atoms. The molecule has 2 aliphatic carbocycles. The zero-order chi connectivity index (χ0) is 35.7. The fourth-order valence-corrected chi connectivity index (χ4v) is 8.72. The minimum Gasteiger partial charge on any atom is -0.420 e. The van der Waals surface area contributed by atoms with E-state index >= 15 is 0 Å². The normalized spacial score (nSPS) is 28.4. The molecule has 0 aromatic carbocycles. The number of hydroxylamine groups is 4. The molecule has 2 spiro atoms.